The van der Waals surface area contributed by atoms with Crippen molar-refractivity contribution in [2.24, 2.45) is 0 Å². The molecule has 29 heavy (non-hydrogen) atoms. The number of hydrogen-bond acceptors (Lipinski definition) is 4. The fourth-order valence-electron chi connectivity index (χ4n) is 4.19. The fraction of sp³-hybridized carbons (Fsp3) is 0.522. The Morgan fingerprint density at radius 3 is 2.72 bits per heavy atom. The quantitative estimate of drug-likeness (QED) is 0.679. The maximum atomic E-state index is 12.6. The molecule has 0 aliphatic carbocycles. The molecule has 1 fully saturated rings. The molecule has 5 nitrogen and oxygen atoms in total. The van der Waals surface area contributed by atoms with Gasteiger partial charge in [-0.1, -0.05) is 13.3 Å². The molecule has 2 amide bonds. The Balaban J connectivity index is 1.23. The van der Waals surface area contributed by atoms with Crippen LogP contribution in [-0.2, 0) is 13.0 Å². The van der Waals surface area contributed by atoms with Gasteiger partial charge < -0.3 is 15.0 Å². The minimum absolute atomic E-state index is 0.00173. The highest BCUT2D eigenvalue weighted by Crippen LogP contribution is 2.28. The van der Waals surface area contributed by atoms with Crippen LogP contribution in [0.25, 0.3) is 0 Å². The van der Waals surface area contributed by atoms with Crippen LogP contribution in [0, 0.1) is 0 Å². The van der Waals surface area contributed by atoms with Crippen molar-refractivity contribution in [1.29, 1.82) is 0 Å². The van der Waals surface area contributed by atoms with Gasteiger partial charge in [-0.25, -0.2) is 4.79 Å². The average Bonchev–Trinajstić information content (AvgIpc) is 3.23. The number of anilines is 1. The molecular weight excluding hydrogens is 382 g/mol. The highest BCUT2D eigenvalue weighted by Gasteiger charge is 2.29. The van der Waals surface area contributed by atoms with Crippen LogP contribution >= 0.6 is 11.3 Å². The third kappa shape index (κ3) is 5.11. The molecule has 2 aliphatic rings. The number of fused-ring (bicyclic) bond motifs is 1. The van der Waals surface area contributed by atoms with Crippen molar-refractivity contribution in [3.63, 3.8) is 0 Å². The van der Waals surface area contributed by atoms with Gasteiger partial charge in [-0.05, 0) is 67.0 Å². The van der Waals surface area contributed by atoms with E-state index in [4.69, 9.17) is 4.74 Å². The molecule has 2 aliphatic heterocycles. The molecule has 0 atom stereocenters. The van der Waals surface area contributed by atoms with E-state index in [-0.39, 0.29) is 6.03 Å². The van der Waals surface area contributed by atoms with Crippen molar-refractivity contribution in [2.45, 2.75) is 51.6 Å². The van der Waals surface area contributed by atoms with Crippen molar-refractivity contribution in [2.75, 3.05) is 31.6 Å². The van der Waals surface area contributed by atoms with E-state index in [0.717, 1.165) is 69.9 Å². The lowest BCUT2D eigenvalue weighted by atomic mass is 10.00. The van der Waals surface area contributed by atoms with Gasteiger partial charge in [0.2, 0.25) is 0 Å². The van der Waals surface area contributed by atoms with Crippen molar-refractivity contribution in [3.05, 3.63) is 46.2 Å². The number of hydrogen-bond donors (Lipinski definition) is 1. The number of rotatable bonds is 6. The van der Waals surface area contributed by atoms with E-state index in [9.17, 15) is 4.79 Å². The molecule has 4 rings (SSSR count). The molecule has 0 spiro atoms. The van der Waals surface area contributed by atoms with Gasteiger partial charge in [-0.15, -0.1) is 11.3 Å². The van der Waals surface area contributed by atoms with Crippen LogP contribution in [0.1, 0.15) is 43.0 Å². The van der Waals surface area contributed by atoms with Gasteiger partial charge in [0, 0.05) is 42.8 Å². The monoisotopic (exact) mass is 413 g/mol. The first kappa shape index (κ1) is 20.2. The molecule has 0 unspecified atom stereocenters. The summed E-state index contributed by atoms with van der Waals surface area (Å²) in [5, 5.41) is 5.24. The molecule has 0 radical (unpaired) electrons. The summed E-state index contributed by atoms with van der Waals surface area (Å²) in [7, 11) is 0. The minimum atomic E-state index is 0.00173. The molecule has 1 saturated heterocycles. The predicted octanol–water partition coefficient (Wildman–Crippen LogP) is 4.98. The number of carbonyl (C=O) groups excluding carboxylic acids is 1. The normalized spacial score (nSPS) is 17.8. The summed E-state index contributed by atoms with van der Waals surface area (Å²) in [6, 6.07) is 10.5. The number of piperidine rings is 1. The first-order valence-corrected chi connectivity index (χ1v) is 11.7. The van der Waals surface area contributed by atoms with Crippen LogP contribution in [0.2, 0.25) is 0 Å². The fourth-order valence-corrected chi connectivity index (χ4v) is 5.08. The number of ether oxygens (including phenoxy) is 1. The number of amides is 2. The second-order valence-electron chi connectivity index (χ2n) is 7.96. The zero-order valence-corrected chi connectivity index (χ0v) is 18.0. The Morgan fingerprint density at radius 1 is 1.17 bits per heavy atom. The van der Waals surface area contributed by atoms with Crippen LogP contribution < -0.4 is 10.1 Å². The summed E-state index contributed by atoms with van der Waals surface area (Å²) in [6.45, 7) is 6.75. The SMILES string of the molecule is CCCCOc1ccc(NC(=O)N2CCC(N3CCc4sccc4C3)CC2)cc1. The third-order valence-electron chi connectivity index (χ3n) is 5.98. The van der Waals surface area contributed by atoms with Crippen molar-refractivity contribution < 1.29 is 9.53 Å². The van der Waals surface area contributed by atoms with Crippen LogP contribution in [0.3, 0.4) is 0 Å². The summed E-state index contributed by atoms with van der Waals surface area (Å²) >= 11 is 1.89. The lowest BCUT2D eigenvalue weighted by Gasteiger charge is -2.40. The average molecular weight is 414 g/mol. The van der Waals surface area contributed by atoms with Crippen LogP contribution in [0.5, 0.6) is 5.75 Å². The Morgan fingerprint density at radius 2 is 1.97 bits per heavy atom. The Kier molecular flexibility index (Phi) is 6.72. The molecule has 1 aromatic carbocycles. The molecular formula is C23H31N3O2S. The molecule has 0 saturated carbocycles. The number of thiophene rings is 1. The summed E-state index contributed by atoms with van der Waals surface area (Å²) in [5.74, 6) is 0.854. The maximum Gasteiger partial charge on any atom is 0.321 e. The Bertz CT molecular complexity index is 797. The molecule has 1 aromatic heterocycles. The van der Waals surface area contributed by atoms with Gasteiger partial charge in [0.05, 0.1) is 6.61 Å². The third-order valence-corrected chi connectivity index (χ3v) is 7.00. The van der Waals surface area contributed by atoms with Gasteiger partial charge in [-0.2, -0.15) is 0 Å². The number of urea groups is 1. The van der Waals surface area contributed by atoms with Gasteiger partial charge in [-0.3, -0.25) is 4.90 Å². The van der Waals surface area contributed by atoms with Gasteiger partial charge in [0.15, 0.2) is 0 Å². The van der Waals surface area contributed by atoms with E-state index in [1.807, 2.05) is 40.5 Å². The van der Waals surface area contributed by atoms with Crippen LogP contribution in [0.4, 0.5) is 10.5 Å². The number of nitrogens with zero attached hydrogens (tertiary/aromatic N) is 2. The van der Waals surface area contributed by atoms with E-state index >= 15 is 0 Å². The number of unbranched alkanes of at least 4 members (excludes halogenated alkanes) is 1. The lowest BCUT2D eigenvalue weighted by Crippen LogP contribution is -2.48. The summed E-state index contributed by atoms with van der Waals surface area (Å²) in [5.41, 5.74) is 2.32. The first-order valence-electron chi connectivity index (χ1n) is 10.8. The van der Waals surface area contributed by atoms with Crippen molar-refractivity contribution in [3.8, 4) is 5.75 Å². The second-order valence-corrected chi connectivity index (χ2v) is 8.96. The summed E-state index contributed by atoms with van der Waals surface area (Å²) in [4.78, 5) is 18.8. The second kappa shape index (κ2) is 9.63. The van der Waals surface area contributed by atoms with E-state index in [0.29, 0.717) is 6.04 Å². The smallest absolute Gasteiger partial charge is 0.321 e. The van der Waals surface area contributed by atoms with Gasteiger partial charge >= 0.3 is 6.03 Å². The maximum absolute atomic E-state index is 12.6. The number of likely N-dealkylation sites (tertiary alicyclic amines) is 1. The van der Waals surface area contributed by atoms with Gasteiger partial charge in [0.25, 0.3) is 0 Å². The van der Waals surface area contributed by atoms with Gasteiger partial charge in [0.1, 0.15) is 5.75 Å². The van der Waals surface area contributed by atoms with E-state index in [1.54, 1.807) is 4.88 Å². The Hall–Kier alpha value is -2.05. The molecule has 6 heteroatoms. The Labute approximate surface area is 177 Å². The topological polar surface area (TPSA) is 44.8 Å². The van der Waals surface area contributed by atoms with E-state index < -0.39 is 0 Å². The van der Waals surface area contributed by atoms with Crippen LogP contribution in [0.15, 0.2) is 35.7 Å². The largest absolute Gasteiger partial charge is 0.494 e. The van der Waals surface area contributed by atoms with E-state index in [1.165, 1.54) is 12.0 Å². The first-order chi connectivity index (χ1) is 14.2. The summed E-state index contributed by atoms with van der Waals surface area (Å²) in [6.07, 6.45) is 5.46. The number of nitrogens with one attached hydrogen (secondary N) is 1. The predicted molar refractivity (Wildman–Crippen MR) is 119 cm³/mol. The number of benzene rings is 1. The lowest BCUT2D eigenvalue weighted by molar-refractivity contribution is 0.111. The molecule has 2 aromatic rings. The van der Waals surface area contributed by atoms with E-state index in [2.05, 4.69) is 28.6 Å². The zero-order valence-electron chi connectivity index (χ0n) is 17.2. The van der Waals surface area contributed by atoms with Crippen molar-refractivity contribution in [1.82, 2.24) is 9.80 Å². The van der Waals surface area contributed by atoms with Crippen LogP contribution in [-0.4, -0.2) is 48.1 Å². The summed E-state index contributed by atoms with van der Waals surface area (Å²) < 4.78 is 5.68. The molecule has 0 bridgehead atoms. The minimum Gasteiger partial charge on any atom is -0.494 e. The highest BCUT2D eigenvalue weighted by molar-refractivity contribution is 7.10. The highest BCUT2D eigenvalue weighted by atomic mass is 32.1. The standard InChI is InChI=1S/C23H31N3O2S/c1-2-3-15-28-21-6-4-19(5-7-21)24-23(27)25-12-8-20(9-13-25)26-14-10-22-18(17-26)11-16-29-22/h4-7,11,16,20H,2-3,8-10,12-15,17H2,1H3,(H,24,27). The zero-order chi connectivity index (χ0) is 20.1. The molecule has 156 valence electrons. The molecule has 3 heterocycles. The number of carbonyl (C=O) groups is 1. The van der Waals surface area contributed by atoms with Crippen molar-refractivity contribution >= 4 is 23.1 Å². The molecule has 1 N–H and O–H groups in total.